The lowest BCUT2D eigenvalue weighted by atomic mass is 9.81. The maximum absolute atomic E-state index is 12.2. The van der Waals surface area contributed by atoms with E-state index < -0.39 is 11.5 Å². The molecule has 0 aliphatic heterocycles. The summed E-state index contributed by atoms with van der Waals surface area (Å²) in [4.78, 5) is 23.5. The van der Waals surface area contributed by atoms with Crippen molar-refractivity contribution in [3.63, 3.8) is 0 Å². The maximum atomic E-state index is 12.2. The van der Waals surface area contributed by atoms with Crippen LogP contribution in [0.1, 0.15) is 32.8 Å². The van der Waals surface area contributed by atoms with Crippen LogP contribution in [0.15, 0.2) is 30.3 Å². The molecule has 21 heavy (non-hydrogen) atoms. The Morgan fingerprint density at radius 2 is 1.76 bits per heavy atom. The zero-order valence-electron chi connectivity index (χ0n) is 13.0. The molecule has 0 aromatic heterocycles. The molecule has 0 bridgehead atoms. The van der Waals surface area contributed by atoms with Crippen molar-refractivity contribution in [1.82, 2.24) is 5.32 Å². The van der Waals surface area contributed by atoms with Crippen LogP contribution in [0.25, 0.3) is 0 Å². The predicted molar refractivity (Wildman–Crippen MR) is 80.1 cm³/mol. The number of carboxylic acids is 1. The molecular formula is C16H23NO4. The van der Waals surface area contributed by atoms with Gasteiger partial charge < -0.3 is 15.2 Å². The number of rotatable bonds is 7. The Balaban J connectivity index is 2.79. The summed E-state index contributed by atoms with van der Waals surface area (Å²) in [6, 6.07) is 9.67. The molecule has 0 heterocycles. The first-order valence-corrected chi connectivity index (χ1v) is 6.80. The van der Waals surface area contributed by atoms with Crippen LogP contribution in [0.4, 0.5) is 0 Å². The fourth-order valence-corrected chi connectivity index (χ4v) is 2.18. The highest BCUT2D eigenvalue weighted by Crippen LogP contribution is 2.26. The number of carbonyl (C=O) groups is 2. The number of amides is 1. The van der Waals surface area contributed by atoms with Crippen LogP contribution in [-0.4, -0.2) is 36.2 Å². The van der Waals surface area contributed by atoms with Crippen molar-refractivity contribution in [3.05, 3.63) is 35.9 Å². The third-order valence-electron chi connectivity index (χ3n) is 3.48. The Bertz CT molecular complexity index is 498. The number of methoxy groups -OCH3 is 1. The van der Waals surface area contributed by atoms with Gasteiger partial charge >= 0.3 is 5.97 Å². The number of nitrogens with one attached hydrogen (secondary N) is 1. The zero-order chi connectivity index (χ0) is 16.1. The van der Waals surface area contributed by atoms with Gasteiger partial charge in [0.15, 0.2) is 5.54 Å². The van der Waals surface area contributed by atoms with Gasteiger partial charge in [-0.2, -0.15) is 0 Å². The summed E-state index contributed by atoms with van der Waals surface area (Å²) < 4.78 is 4.89. The minimum Gasteiger partial charge on any atom is -0.479 e. The fourth-order valence-electron chi connectivity index (χ4n) is 2.18. The molecule has 5 nitrogen and oxygen atoms in total. The minimum absolute atomic E-state index is 0.0835. The fraction of sp³-hybridized carbons (Fsp3) is 0.500. The molecule has 2 N–H and O–H groups in total. The predicted octanol–water partition coefficient (Wildman–Crippen LogP) is 1.96. The minimum atomic E-state index is -1.42. The molecule has 5 heteroatoms. The number of carboxylic acid groups (broad SMARTS) is 1. The van der Waals surface area contributed by atoms with Crippen LogP contribution in [0.5, 0.6) is 0 Å². The Hall–Kier alpha value is -1.88. The zero-order valence-corrected chi connectivity index (χ0v) is 13.0. The van der Waals surface area contributed by atoms with Crippen LogP contribution in [-0.2, 0) is 19.7 Å². The van der Waals surface area contributed by atoms with E-state index in [9.17, 15) is 14.7 Å². The van der Waals surface area contributed by atoms with Crippen molar-refractivity contribution < 1.29 is 19.4 Å². The summed E-state index contributed by atoms with van der Waals surface area (Å²) in [6.07, 6.45) is 0.198. The number of hydrogen-bond acceptors (Lipinski definition) is 3. The molecule has 1 unspecified atom stereocenters. The van der Waals surface area contributed by atoms with Gasteiger partial charge in [-0.05, 0) is 17.9 Å². The maximum Gasteiger partial charge on any atom is 0.331 e. The van der Waals surface area contributed by atoms with Gasteiger partial charge in [-0.3, -0.25) is 4.79 Å². The first-order chi connectivity index (χ1) is 9.71. The number of hydrogen-bond donors (Lipinski definition) is 2. The lowest BCUT2D eigenvalue weighted by Gasteiger charge is -2.29. The van der Waals surface area contributed by atoms with Gasteiger partial charge in [-0.25, -0.2) is 4.79 Å². The van der Waals surface area contributed by atoms with E-state index in [0.717, 1.165) is 5.56 Å². The van der Waals surface area contributed by atoms with E-state index in [4.69, 9.17) is 4.74 Å². The second-order valence-electron chi connectivity index (χ2n) is 6.05. The first-order valence-electron chi connectivity index (χ1n) is 6.80. The highest BCUT2D eigenvalue weighted by atomic mass is 16.5. The molecule has 0 aliphatic rings. The largest absolute Gasteiger partial charge is 0.479 e. The van der Waals surface area contributed by atoms with Gasteiger partial charge in [0.05, 0.1) is 6.61 Å². The topological polar surface area (TPSA) is 75.6 Å². The highest BCUT2D eigenvalue weighted by molar-refractivity contribution is 5.87. The molecule has 0 fully saturated rings. The Labute approximate surface area is 125 Å². The van der Waals surface area contributed by atoms with Gasteiger partial charge in [0.25, 0.3) is 0 Å². The van der Waals surface area contributed by atoms with E-state index in [-0.39, 0.29) is 24.3 Å². The van der Waals surface area contributed by atoms with Gasteiger partial charge in [0, 0.05) is 13.5 Å². The van der Waals surface area contributed by atoms with Crippen molar-refractivity contribution in [2.24, 2.45) is 0 Å². The summed E-state index contributed by atoms with van der Waals surface area (Å²) in [5.74, 6) is -1.43. The van der Waals surface area contributed by atoms with Crippen LogP contribution < -0.4 is 5.32 Å². The molecule has 116 valence electrons. The van der Waals surface area contributed by atoms with Crippen molar-refractivity contribution in [3.8, 4) is 0 Å². The normalized spacial score (nSPS) is 14.3. The average molecular weight is 293 g/mol. The van der Waals surface area contributed by atoms with E-state index in [1.165, 1.54) is 14.0 Å². The first kappa shape index (κ1) is 17.2. The van der Waals surface area contributed by atoms with Crippen molar-refractivity contribution >= 4 is 11.9 Å². The monoisotopic (exact) mass is 293 g/mol. The Morgan fingerprint density at radius 3 is 2.24 bits per heavy atom. The summed E-state index contributed by atoms with van der Waals surface area (Å²) >= 11 is 0. The van der Waals surface area contributed by atoms with E-state index >= 15 is 0 Å². The van der Waals surface area contributed by atoms with Crippen LogP contribution in [0, 0.1) is 0 Å². The second kappa shape index (κ2) is 6.72. The third kappa shape index (κ3) is 4.56. The molecule has 0 radical (unpaired) electrons. The molecule has 1 amide bonds. The van der Waals surface area contributed by atoms with Crippen LogP contribution in [0.2, 0.25) is 0 Å². The van der Waals surface area contributed by atoms with Gasteiger partial charge in [-0.15, -0.1) is 0 Å². The number of benzene rings is 1. The van der Waals surface area contributed by atoms with E-state index in [2.05, 4.69) is 5.32 Å². The molecule has 0 aliphatic carbocycles. The smallest absolute Gasteiger partial charge is 0.331 e. The molecule has 0 spiro atoms. The lowest BCUT2D eigenvalue weighted by molar-refractivity contribution is -0.149. The third-order valence-corrected chi connectivity index (χ3v) is 3.48. The molecular weight excluding hydrogens is 270 g/mol. The Morgan fingerprint density at radius 1 is 1.19 bits per heavy atom. The van der Waals surface area contributed by atoms with E-state index in [0.29, 0.717) is 0 Å². The van der Waals surface area contributed by atoms with Crippen molar-refractivity contribution in [2.45, 2.75) is 38.1 Å². The summed E-state index contributed by atoms with van der Waals surface area (Å²) in [6.45, 7) is 5.26. The standard InChI is InChI=1S/C16H23NO4/c1-15(2,12-8-6-5-7-9-12)10-13(18)17-16(3,11-21-4)14(19)20/h5-9H,10-11H2,1-4H3,(H,17,18)(H,19,20). The summed E-state index contributed by atoms with van der Waals surface area (Å²) in [7, 11) is 1.40. The molecule has 1 rings (SSSR count). The van der Waals surface area contributed by atoms with Gasteiger partial charge in [0.2, 0.25) is 5.91 Å². The SMILES string of the molecule is COCC(C)(NC(=O)CC(C)(C)c1ccccc1)C(=O)O. The quantitative estimate of drug-likeness (QED) is 0.806. The van der Waals surface area contributed by atoms with E-state index in [1.807, 2.05) is 44.2 Å². The van der Waals surface area contributed by atoms with Crippen molar-refractivity contribution in [1.29, 1.82) is 0 Å². The van der Waals surface area contributed by atoms with Crippen LogP contribution >= 0.6 is 0 Å². The molecule has 1 aromatic carbocycles. The molecule has 1 aromatic rings. The molecule has 1 atom stereocenters. The number of carbonyl (C=O) groups excluding carboxylic acids is 1. The summed E-state index contributed by atoms with van der Waals surface area (Å²) in [5, 5.41) is 11.8. The van der Waals surface area contributed by atoms with E-state index in [1.54, 1.807) is 0 Å². The van der Waals surface area contributed by atoms with Crippen LogP contribution in [0.3, 0.4) is 0 Å². The number of aliphatic carboxylic acids is 1. The summed E-state index contributed by atoms with van der Waals surface area (Å²) in [5.41, 5.74) is -0.764. The average Bonchev–Trinajstić information content (AvgIpc) is 2.39. The molecule has 0 saturated carbocycles. The van der Waals surface area contributed by atoms with Gasteiger partial charge in [0.1, 0.15) is 0 Å². The lowest BCUT2D eigenvalue weighted by Crippen LogP contribution is -2.56. The second-order valence-corrected chi connectivity index (χ2v) is 6.05. The molecule has 0 saturated heterocycles. The van der Waals surface area contributed by atoms with Gasteiger partial charge in [-0.1, -0.05) is 44.2 Å². The highest BCUT2D eigenvalue weighted by Gasteiger charge is 2.36. The Kier molecular flexibility index (Phi) is 5.49. The number of ether oxygens (including phenoxy) is 1. The van der Waals surface area contributed by atoms with Crippen molar-refractivity contribution in [2.75, 3.05) is 13.7 Å².